The molecule has 0 bridgehead atoms. The van der Waals surface area contributed by atoms with Gasteiger partial charge in [-0.1, -0.05) is 12.1 Å². The molecule has 0 spiro atoms. The number of carbonyl (C=O) groups is 1. The zero-order valence-electron chi connectivity index (χ0n) is 10.7. The van der Waals surface area contributed by atoms with Crippen LogP contribution in [0.2, 0.25) is 0 Å². The van der Waals surface area contributed by atoms with E-state index in [1.54, 1.807) is 0 Å². The molecule has 2 aromatic carbocycles. The number of amides is 1. The number of nitrogens with two attached hydrogens (primary N) is 1. The van der Waals surface area contributed by atoms with Gasteiger partial charge >= 0.3 is 0 Å². The standard InChI is InChI=1S/C15H14BrFN2O/c16-13-9-11(17)4-7-14(13)19-15(20)8-3-10-1-5-12(18)6-2-10/h1-2,4-7,9H,3,8,18H2,(H,19,20). The van der Waals surface area contributed by atoms with Crippen LogP contribution in [0, 0.1) is 5.82 Å². The lowest BCUT2D eigenvalue weighted by molar-refractivity contribution is -0.116. The van der Waals surface area contributed by atoms with Crippen molar-refractivity contribution in [1.82, 2.24) is 0 Å². The van der Waals surface area contributed by atoms with Crippen LogP contribution in [-0.4, -0.2) is 5.91 Å². The van der Waals surface area contributed by atoms with Crippen LogP contribution in [0.3, 0.4) is 0 Å². The topological polar surface area (TPSA) is 55.1 Å². The highest BCUT2D eigenvalue weighted by molar-refractivity contribution is 9.10. The van der Waals surface area contributed by atoms with Crippen molar-refractivity contribution in [3.8, 4) is 0 Å². The van der Waals surface area contributed by atoms with E-state index in [2.05, 4.69) is 21.2 Å². The number of hydrogen-bond donors (Lipinski definition) is 2. The van der Waals surface area contributed by atoms with Crippen LogP contribution in [0.15, 0.2) is 46.9 Å². The summed E-state index contributed by atoms with van der Waals surface area (Å²) in [4.78, 5) is 11.8. The second kappa shape index (κ2) is 6.52. The first-order chi connectivity index (χ1) is 9.54. The first-order valence-electron chi connectivity index (χ1n) is 6.14. The second-order valence-corrected chi connectivity index (χ2v) is 5.27. The highest BCUT2D eigenvalue weighted by Gasteiger charge is 2.07. The molecule has 3 N–H and O–H groups in total. The summed E-state index contributed by atoms with van der Waals surface area (Å²) in [5.74, 6) is -0.467. The molecule has 0 unspecified atom stereocenters. The minimum Gasteiger partial charge on any atom is -0.399 e. The summed E-state index contributed by atoms with van der Waals surface area (Å²) in [5.41, 5.74) is 7.91. The molecular formula is C15H14BrFN2O. The van der Waals surface area contributed by atoms with Gasteiger partial charge in [-0.25, -0.2) is 4.39 Å². The second-order valence-electron chi connectivity index (χ2n) is 4.41. The molecule has 0 aliphatic heterocycles. The van der Waals surface area contributed by atoms with E-state index in [0.717, 1.165) is 5.56 Å². The molecule has 0 atom stereocenters. The minimum atomic E-state index is -0.350. The van der Waals surface area contributed by atoms with Crippen molar-refractivity contribution in [2.45, 2.75) is 12.8 Å². The zero-order valence-corrected chi connectivity index (χ0v) is 12.3. The maximum Gasteiger partial charge on any atom is 0.224 e. The Labute approximate surface area is 125 Å². The van der Waals surface area contributed by atoms with E-state index >= 15 is 0 Å². The molecule has 1 amide bonds. The van der Waals surface area contributed by atoms with Crippen molar-refractivity contribution in [3.05, 3.63) is 58.3 Å². The van der Waals surface area contributed by atoms with Crippen molar-refractivity contribution in [2.24, 2.45) is 0 Å². The molecule has 2 aromatic rings. The lowest BCUT2D eigenvalue weighted by Crippen LogP contribution is -2.12. The summed E-state index contributed by atoms with van der Waals surface area (Å²) in [6, 6.07) is 11.6. The Bertz CT molecular complexity index is 614. The van der Waals surface area contributed by atoms with Gasteiger partial charge in [0.25, 0.3) is 0 Å². The average Bonchev–Trinajstić information content (AvgIpc) is 2.41. The molecule has 3 nitrogen and oxygen atoms in total. The summed E-state index contributed by atoms with van der Waals surface area (Å²) in [6.45, 7) is 0. The van der Waals surface area contributed by atoms with Crippen LogP contribution in [0.1, 0.15) is 12.0 Å². The van der Waals surface area contributed by atoms with E-state index in [4.69, 9.17) is 5.73 Å². The van der Waals surface area contributed by atoms with Crippen LogP contribution >= 0.6 is 15.9 Å². The molecule has 5 heteroatoms. The fourth-order valence-electron chi connectivity index (χ4n) is 1.75. The Hall–Kier alpha value is -1.88. The normalized spacial score (nSPS) is 10.3. The summed E-state index contributed by atoms with van der Waals surface area (Å²) >= 11 is 3.21. The first-order valence-corrected chi connectivity index (χ1v) is 6.93. The van der Waals surface area contributed by atoms with Gasteiger partial charge in [0.2, 0.25) is 5.91 Å². The monoisotopic (exact) mass is 336 g/mol. The van der Waals surface area contributed by atoms with Crippen LogP contribution in [0.25, 0.3) is 0 Å². The Morgan fingerprint density at radius 1 is 1.20 bits per heavy atom. The first kappa shape index (κ1) is 14.5. The molecule has 20 heavy (non-hydrogen) atoms. The smallest absolute Gasteiger partial charge is 0.224 e. The van der Waals surface area contributed by atoms with Crippen molar-refractivity contribution in [2.75, 3.05) is 11.1 Å². The van der Waals surface area contributed by atoms with Crippen LogP contribution in [0.4, 0.5) is 15.8 Å². The van der Waals surface area contributed by atoms with Gasteiger partial charge in [-0.3, -0.25) is 4.79 Å². The molecule has 0 aliphatic carbocycles. The quantitative estimate of drug-likeness (QED) is 0.835. The van der Waals surface area contributed by atoms with Gasteiger partial charge in [0.1, 0.15) is 5.82 Å². The summed E-state index contributed by atoms with van der Waals surface area (Å²) < 4.78 is 13.5. The number of aryl methyl sites for hydroxylation is 1. The van der Waals surface area contributed by atoms with E-state index in [1.165, 1.54) is 18.2 Å². The van der Waals surface area contributed by atoms with Crippen LogP contribution in [0.5, 0.6) is 0 Å². The number of nitrogens with one attached hydrogen (secondary N) is 1. The van der Waals surface area contributed by atoms with Crippen molar-refractivity contribution >= 4 is 33.2 Å². The van der Waals surface area contributed by atoms with Gasteiger partial charge in [0.05, 0.1) is 5.69 Å². The summed E-state index contributed by atoms with van der Waals surface area (Å²) in [5, 5.41) is 2.74. The van der Waals surface area contributed by atoms with Gasteiger partial charge in [-0.15, -0.1) is 0 Å². The molecule has 0 saturated carbocycles. The molecule has 0 heterocycles. The number of benzene rings is 2. The van der Waals surface area contributed by atoms with E-state index in [9.17, 15) is 9.18 Å². The molecule has 0 saturated heterocycles. The maximum atomic E-state index is 12.9. The molecule has 0 aliphatic rings. The number of nitrogen functional groups attached to an aromatic ring is 1. The Morgan fingerprint density at radius 2 is 1.90 bits per heavy atom. The molecule has 2 rings (SSSR count). The van der Waals surface area contributed by atoms with E-state index in [1.807, 2.05) is 24.3 Å². The van der Waals surface area contributed by atoms with E-state index < -0.39 is 0 Å². The Kier molecular flexibility index (Phi) is 4.74. The van der Waals surface area contributed by atoms with Crippen molar-refractivity contribution in [1.29, 1.82) is 0 Å². The Morgan fingerprint density at radius 3 is 2.55 bits per heavy atom. The van der Waals surface area contributed by atoms with Crippen molar-refractivity contribution < 1.29 is 9.18 Å². The van der Waals surface area contributed by atoms with Gasteiger partial charge in [0.15, 0.2) is 0 Å². The third kappa shape index (κ3) is 4.06. The van der Waals surface area contributed by atoms with Crippen molar-refractivity contribution in [3.63, 3.8) is 0 Å². The fourth-order valence-corrected chi connectivity index (χ4v) is 2.20. The van der Waals surface area contributed by atoms with Gasteiger partial charge < -0.3 is 11.1 Å². The molecule has 0 fully saturated rings. The van der Waals surface area contributed by atoms with E-state index in [0.29, 0.717) is 28.7 Å². The van der Waals surface area contributed by atoms with Gasteiger partial charge in [-0.2, -0.15) is 0 Å². The lowest BCUT2D eigenvalue weighted by atomic mass is 10.1. The van der Waals surface area contributed by atoms with Gasteiger partial charge in [-0.05, 0) is 58.2 Å². The average molecular weight is 337 g/mol. The number of carbonyl (C=O) groups excluding carboxylic acids is 1. The largest absolute Gasteiger partial charge is 0.399 e. The molecule has 104 valence electrons. The Balaban J connectivity index is 1.90. The molecular weight excluding hydrogens is 323 g/mol. The van der Waals surface area contributed by atoms with Crippen LogP contribution in [-0.2, 0) is 11.2 Å². The number of hydrogen-bond acceptors (Lipinski definition) is 2. The number of rotatable bonds is 4. The maximum absolute atomic E-state index is 12.9. The fraction of sp³-hybridized carbons (Fsp3) is 0.133. The van der Waals surface area contributed by atoms with Crippen LogP contribution < -0.4 is 11.1 Å². The minimum absolute atomic E-state index is 0.117. The SMILES string of the molecule is Nc1ccc(CCC(=O)Nc2ccc(F)cc2Br)cc1. The highest BCUT2D eigenvalue weighted by Crippen LogP contribution is 2.23. The predicted molar refractivity (Wildman–Crippen MR) is 81.9 cm³/mol. The third-order valence-electron chi connectivity index (χ3n) is 2.83. The van der Waals surface area contributed by atoms with E-state index in [-0.39, 0.29) is 11.7 Å². The number of anilines is 2. The molecule has 0 radical (unpaired) electrons. The summed E-state index contributed by atoms with van der Waals surface area (Å²) in [6.07, 6.45) is 0.985. The lowest BCUT2D eigenvalue weighted by Gasteiger charge is -2.07. The third-order valence-corrected chi connectivity index (χ3v) is 3.48. The molecule has 0 aromatic heterocycles. The predicted octanol–water partition coefficient (Wildman–Crippen LogP) is 3.74. The number of halogens is 2. The van der Waals surface area contributed by atoms with Gasteiger partial charge in [0, 0.05) is 16.6 Å². The highest BCUT2D eigenvalue weighted by atomic mass is 79.9. The summed E-state index contributed by atoms with van der Waals surface area (Å²) in [7, 11) is 0. The zero-order chi connectivity index (χ0) is 14.5.